The fourth-order valence-corrected chi connectivity index (χ4v) is 1.10. The standard InChI is InChI=1S/C11H18N2/c1-10(11(2,3)13-5)8-6-7-9-12-4/h10H,6-9H2,1-3H3. The summed E-state index contributed by atoms with van der Waals surface area (Å²) in [4.78, 5) is 6.91. The molecule has 0 rings (SSSR count). The smallest absolute Gasteiger partial charge is 0.229 e. The lowest BCUT2D eigenvalue weighted by atomic mass is 9.86. The predicted molar refractivity (Wildman–Crippen MR) is 55.2 cm³/mol. The molecular weight excluding hydrogens is 160 g/mol. The Morgan fingerprint density at radius 1 is 1.23 bits per heavy atom. The van der Waals surface area contributed by atoms with Crippen LogP contribution >= 0.6 is 0 Å². The van der Waals surface area contributed by atoms with Crippen molar-refractivity contribution in [1.82, 2.24) is 0 Å². The third kappa shape index (κ3) is 4.53. The molecule has 0 bridgehead atoms. The van der Waals surface area contributed by atoms with Gasteiger partial charge in [0.1, 0.15) is 0 Å². The Morgan fingerprint density at radius 2 is 1.85 bits per heavy atom. The maximum Gasteiger partial charge on any atom is 0.229 e. The molecule has 0 radical (unpaired) electrons. The highest BCUT2D eigenvalue weighted by molar-refractivity contribution is 4.93. The van der Waals surface area contributed by atoms with E-state index in [1.165, 1.54) is 0 Å². The van der Waals surface area contributed by atoms with Gasteiger partial charge >= 0.3 is 0 Å². The molecule has 0 aliphatic heterocycles. The van der Waals surface area contributed by atoms with Gasteiger partial charge in [0.25, 0.3) is 0 Å². The maximum absolute atomic E-state index is 7.03. The van der Waals surface area contributed by atoms with Crippen molar-refractivity contribution < 1.29 is 0 Å². The Bertz CT molecular complexity index is 217. The third-order valence-electron chi connectivity index (χ3n) is 2.65. The number of unbranched alkanes of at least 4 members (excludes halogenated alkanes) is 1. The first-order valence-electron chi connectivity index (χ1n) is 4.76. The molecule has 1 unspecified atom stereocenters. The van der Waals surface area contributed by atoms with Crippen LogP contribution in [0.1, 0.15) is 40.0 Å². The molecule has 0 saturated heterocycles. The lowest BCUT2D eigenvalue weighted by Crippen LogP contribution is -2.24. The van der Waals surface area contributed by atoms with Crippen molar-refractivity contribution in [2.24, 2.45) is 5.92 Å². The van der Waals surface area contributed by atoms with Gasteiger partial charge in [-0.05, 0) is 12.8 Å². The topological polar surface area (TPSA) is 8.72 Å². The Labute approximate surface area is 81.6 Å². The molecule has 0 spiro atoms. The van der Waals surface area contributed by atoms with Crippen LogP contribution in [0.3, 0.4) is 0 Å². The van der Waals surface area contributed by atoms with E-state index in [1.54, 1.807) is 0 Å². The maximum atomic E-state index is 7.03. The molecule has 1 atom stereocenters. The van der Waals surface area contributed by atoms with Crippen molar-refractivity contribution in [2.45, 2.75) is 45.6 Å². The molecule has 0 aromatic heterocycles. The first-order valence-corrected chi connectivity index (χ1v) is 4.76. The molecule has 0 amide bonds. The largest absolute Gasteiger partial charge is 0.317 e. The second-order valence-electron chi connectivity index (χ2n) is 4.04. The summed E-state index contributed by atoms with van der Waals surface area (Å²) in [6, 6.07) is 0. The van der Waals surface area contributed by atoms with Crippen molar-refractivity contribution in [3.05, 3.63) is 22.8 Å². The lowest BCUT2D eigenvalue weighted by Gasteiger charge is -2.19. The first kappa shape index (κ1) is 12.0. The van der Waals surface area contributed by atoms with Gasteiger partial charge in [-0.15, -0.1) is 0 Å². The van der Waals surface area contributed by atoms with E-state index >= 15 is 0 Å². The molecule has 0 heterocycles. The van der Waals surface area contributed by atoms with Crippen molar-refractivity contribution in [1.29, 1.82) is 0 Å². The number of hydrogen-bond acceptors (Lipinski definition) is 0. The quantitative estimate of drug-likeness (QED) is 0.450. The van der Waals surface area contributed by atoms with Crippen molar-refractivity contribution in [3.63, 3.8) is 0 Å². The minimum atomic E-state index is -0.238. The zero-order chi connectivity index (χ0) is 10.3. The molecule has 0 saturated carbocycles. The summed E-state index contributed by atoms with van der Waals surface area (Å²) in [5.41, 5.74) is -0.238. The van der Waals surface area contributed by atoms with Gasteiger partial charge in [-0.3, -0.25) is 0 Å². The minimum Gasteiger partial charge on any atom is -0.317 e. The lowest BCUT2D eigenvalue weighted by molar-refractivity contribution is 0.367. The first-order chi connectivity index (χ1) is 6.04. The van der Waals surface area contributed by atoms with Crippen LogP contribution in [-0.4, -0.2) is 12.1 Å². The molecule has 0 aromatic rings. The molecule has 0 aliphatic carbocycles. The SMILES string of the molecule is [C-]#[N+]CCCCC(C)C(C)(C)[N+]#[C-]. The van der Waals surface area contributed by atoms with E-state index in [-0.39, 0.29) is 5.54 Å². The van der Waals surface area contributed by atoms with Crippen LogP contribution in [0.4, 0.5) is 0 Å². The van der Waals surface area contributed by atoms with Gasteiger partial charge < -0.3 is 9.69 Å². The summed E-state index contributed by atoms with van der Waals surface area (Å²) in [6.45, 7) is 20.4. The van der Waals surface area contributed by atoms with Gasteiger partial charge in [-0.2, -0.15) is 0 Å². The highest BCUT2D eigenvalue weighted by Gasteiger charge is 2.30. The molecule has 0 aliphatic rings. The van der Waals surface area contributed by atoms with E-state index in [0.29, 0.717) is 12.5 Å². The van der Waals surface area contributed by atoms with E-state index < -0.39 is 0 Å². The Balaban J connectivity index is 3.71. The molecule has 72 valence electrons. The van der Waals surface area contributed by atoms with Crippen LogP contribution in [0, 0.1) is 19.1 Å². The molecule has 0 aromatic carbocycles. The van der Waals surface area contributed by atoms with E-state index in [1.807, 2.05) is 13.8 Å². The van der Waals surface area contributed by atoms with Crippen LogP contribution in [0.25, 0.3) is 9.69 Å². The average Bonchev–Trinajstić information content (AvgIpc) is 2.12. The number of hydrogen-bond donors (Lipinski definition) is 0. The van der Waals surface area contributed by atoms with E-state index in [4.69, 9.17) is 13.1 Å². The number of rotatable bonds is 5. The summed E-state index contributed by atoms with van der Waals surface area (Å²) < 4.78 is 0. The number of nitrogens with zero attached hydrogens (tertiary/aromatic N) is 2. The zero-order valence-corrected chi connectivity index (χ0v) is 8.80. The van der Waals surface area contributed by atoms with Gasteiger partial charge in [-0.25, -0.2) is 13.1 Å². The molecular formula is C11H18N2. The van der Waals surface area contributed by atoms with Gasteiger partial charge in [0.2, 0.25) is 12.1 Å². The molecule has 13 heavy (non-hydrogen) atoms. The normalized spacial score (nSPS) is 13.0. The summed E-state index contributed by atoms with van der Waals surface area (Å²) in [7, 11) is 0. The summed E-state index contributed by atoms with van der Waals surface area (Å²) in [5, 5.41) is 0. The van der Waals surface area contributed by atoms with Gasteiger partial charge in [0.05, 0.1) is 0 Å². The zero-order valence-electron chi connectivity index (χ0n) is 8.80. The van der Waals surface area contributed by atoms with Crippen molar-refractivity contribution in [2.75, 3.05) is 6.54 Å². The van der Waals surface area contributed by atoms with Crippen molar-refractivity contribution in [3.8, 4) is 0 Å². The summed E-state index contributed by atoms with van der Waals surface area (Å²) in [6.07, 6.45) is 3.11. The molecule has 2 nitrogen and oxygen atoms in total. The molecule has 2 heteroatoms. The molecule has 0 N–H and O–H groups in total. The van der Waals surface area contributed by atoms with Crippen LogP contribution in [0.15, 0.2) is 0 Å². The Morgan fingerprint density at radius 3 is 2.31 bits per heavy atom. The second kappa shape index (κ2) is 5.60. The fourth-order valence-electron chi connectivity index (χ4n) is 1.10. The Hall–Kier alpha value is -1.02. The summed E-state index contributed by atoms with van der Waals surface area (Å²) in [5.74, 6) is 0.427. The van der Waals surface area contributed by atoms with E-state index in [2.05, 4.69) is 16.6 Å². The molecule has 0 fully saturated rings. The Kier molecular flexibility index (Phi) is 5.16. The fraction of sp³-hybridized carbons (Fsp3) is 0.818. The van der Waals surface area contributed by atoms with Gasteiger partial charge in [0.15, 0.2) is 0 Å². The van der Waals surface area contributed by atoms with E-state index in [0.717, 1.165) is 19.3 Å². The van der Waals surface area contributed by atoms with Gasteiger partial charge in [0, 0.05) is 26.2 Å². The van der Waals surface area contributed by atoms with Crippen LogP contribution in [0.2, 0.25) is 0 Å². The highest BCUT2D eigenvalue weighted by Crippen LogP contribution is 2.25. The van der Waals surface area contributed by atoms with Crippen molar-refractivity contribution >= 4 is 0 Å². The predicted octanol–water partition coefficient (Wildman–Crippen LogP) is 3.41. The minimum absolute atomic E-state index is 0.238. The summed E-state index contributed by atoms with van der Waals surface area (Å²) >= 11 is 0. The second-order valence-corrected chi connectivity index (χ2v) is 4.04. The average molecular weight is 178 g/mol. The van der Waals surface area contributed by atoms with Crippen LogP contribution in [0.5, 0.6) is 0 Å². The third-order valence-corrected chi connectivity index (χ3v) is 2.65. The monoisotopic (exact) mass is 178 g/mol. The van der Waals surface area contributed by atoms with Crippen LogP contribution < -0.4 is 0 Å². The van der Waals surface area contributed by atoms with Crippen LogP contribution in [-0.2, 0) is 0 Å². The highest BCUT2D eigenvalue weighted by atomic mass is 14.8. The van der Waals surface area contributed by atoms with E-state index in [9.17, 15) is 0 Å². The van der Waals surface area contributed by atoms with Gasteiger partial charge in [-0.1, -0.05) is 6.92 Å².